The molecule has 328 valence electrons. The lowest BCUT2D eigenvalue weighted by molar-refractivity contribution is -0.385. The van der Waals surface area contributed by atoms with Crippen molar-refractivity contribution in [2.75, 3.05) is 62.7 Å². The van der Waals surface area contributed by atoms with Crippen LogP contribution >= 0.6 is 11.6 Å². The van der Waals surface area contributed by atoms with Crippen molar-refractivity contribution in [3.63, 3.8) is 0 Å². The van der Waals surface area contributed by atoms with Crippen molar-refractivity contribution in [2.45, 2.75) is 56.3 Å². The number of carbonyl (C=O) groups is 1. The number of allylic oxidation sites excluding steroid dienone is 1. The topological polar surface area (TPSA) is 179 Å². The predicted octanol–water partition coefficient (Wildman–Crippen LogP) is 9.14. The molecule has 0 radical (unpaired) electrons. The van der Waals surface area contributed by atoms with Crippen molar-refractivity contribution in [1.82, 2.24) is 19.6 Å². The fourth-order valence-electron chi connectivity index (χ4n) is 9.48. The van der Waals surface area contributed by atoms with Gasteiger partial charge in [-0.15, -0.1) is 0 Å². The second-order valence-corrected chi connectivity index (χ2v) is 18.8. The number of fused-ring (bicyclic) bond motifs is 1. The lowest BCUT2D eigenvalue weighted by Crippen LogP contribution is -2.47. The Bertz CT molecular complexity index is 2580. The fraction of sp³-hybridized carbons (Fsp3) is 0.383. The molecule has 63 heavy (non-hydrogen) atoms. The third kappa shape index (κ3) is 9.52. The molecule has 9 rings (SSSR count). The largest absolute Gasteiger partial charge is 0.455 e. The maximum absolute atomic E-state index is 14.1. The molecule has 3 aromatic carbocycles. The van der Waals surface area contributed by atoms with E-state index < -0.39 is 21.8 Å². The van der Waals surface area contributed by atoms with Crippen LogP contribution in [-0.4, -0.2) is 88.6 Å². The van der Waals surface area contributed by atoms with Gasteiger partial charge in [0.2, 0.25) is 0 Å². The van der Waals surface area contributed by atoms with Crippen LogP contribution in [0.5, 0.6) is 11.5 Å². The monoisotopic (exact) mass is 890 g/mol. The number of nitrogens with zero attached hydrogens (tertiary/aromatic N) is 4. The minimum Gasteiger partial charge on any atom is -0.455 e. The van der Waals surface area contributed by atoms with E-state index in [1.54, 1.807) is 18.5 Å². The number of hydrogen-bond donors (Lipinski definition) is 4. The first kappa shape index (κ1) is 42.7. The SMILES string of the molecule is N=Cc1c(NCC2CCOCC2)cc(S(=O)NC(=O)c2ccc(N3CCN(CC4=C(c5ccc(Cl)cc5)CC5(CCC5)CC4)CC3)cc2Oc2cnc3[nH]ccc3c2)cc1[N+](=O)[O-]. The summed E-state index contributed by atoms with van der Waals surface area (Å²) in [6.45, 7) is 5.97. The molecule has 2 saturated heterocycles. The van der Waals surface area contributed by atoms with Crippen molar-refractivity contribution >= 4 is 68.4 Å². The Hall–Kier alpha value is -5.61. The number of nitro benzene ring substituents is 1. The number of ether oxygens (including phenoxy) is 2. The van der Waals surface area contributed by atoms with Gasteiger partial charge in [-0.3, -0.25) is 24.5 Å². The Morgan fingerprint density at radius 1 is 1.06 bits per heavy atom. The van der Waals surface area contributed by atoms with Crippen LogP contribution < -0.4 is 19.7 Å². The number of aromatic nitrogens is 2. The van der Waals surface area contributed by atoms with E-state index in [-0.39, 0.29) is 33.4 Å². The zero-order valence-corrected chi connectivity index (χ0v) is 36.6. The smallest absolute Gasteiger partial charge is 0.281 e. The highest BCUT2D eigenvalue weighted by Gasteiger charge is 2.41. The zero-order chi connectivity index (χ0) is 43.5. The normalized spacial score (nSPS) is 18.5. The molecule has 4 aliphatic rings. The first-order valence-electron chi connectivity index (χ1n) is 21.7. The van der Waals surface area contributed by atoms with Gasteiger partial charge in [0.05, 0.1) is 32.8 Å². The molecule has 1 spiro atoms. The molecule has 16 heteroatoms. The molecule has 1 unspecified atom stereocenters. The Morgan fingerprint density at radius 2 is 1.86 bits per heavy atom. The predicted molar refractivity (Wildman–Crippen MR) is 247 cm³/mol. The van der Waals surface area contributed by atoms with Crippen LogP contribution in [0.25, 0.3) is 16.6 Å². The van der Waals surface area contributed by atoms with Gasteiger partial charge in [-0.05, 0) is 110 Å². The van der Waals surface area contributed by atoms with E-state index in [1.165, 1.54) is 48.5 Å². The molecule has 0 bridgehead atoms. The second kappa shape index (κ2) is 18.6. The minimum atomic E-state index is -2.21. The van der Waals surface area contributed by atoms with Gasteiger partial charge in [-0.25, -0.2) is 9.19 Å². The molecule has 2 aliphatic carbocycles. The van der Waals surface area contributed by atoms with Crippen molar-refractivity contribution in [1.29, 1.82) is 5.41 Å². The molecular formula is C47H51ClN8O6S. The quantitative estimate of drug-likeness (QED) is 0.0477. The lowest BCUT2D eigenvalue weighted by atomic mass is 9.59. The first-order chi connectivity index (χ1) is 30.6. The number of pyridine rings is 1. The Balaban J connectivity index is 0.936. The van der Waals surface area contributed by atoms with Crippen molar-refractivity contribution in [3.05, 3.63) is 117 Å². The van der Waals surface area contributed by atoms with Crippen molar-refractivity contribution in [2.24, 2.45) is 11.3 Å². The first-order valence-corrected chi connectivity index (χ1v) is 23.2. The van der Waals surface area contributed by atoms with Gasteiger partial charge < -0.3 is 30.1 Å². The number of halogens is 1. The summed E-state index contributed by atoms with van der Waals surface area (Å²) in [6.07, 6.45) is 13.4. The summed E-state index contributed by atoms with van der Waals surface area (Å²) in [5, 5.41) is 24.9. The van der Waals surface area contributed by atoms with Gasteiger partial charge in [0.15, 0.2) is 11.0 Å². The summed E-state index contributed by atoms with van der Waals surface area (Å²) < 4.78 is 28.3. The number of benzene rings is 3. The molecule has 1 saturated carbocycles. The van der Waals surface area contributed by atoms with E-state index in [9.17, 15) is 19.1 Å². The molecule has 5 aromatic rings. The van der Waals surface area contributed by atoms with Gasteiger partial charge in [-0.1, -0.05) is 35.7 Å². The van der Waals surface area contributed by atoms with Gasteiger partial charge in [0.25, 0.3) is 11.6 Å². The highest BCUT2D eigenvalue weighted by molar-refractivity contribution is 7.83. The lowest BCUT2D eigenvalue weighted by Gasteiger charge is -2.47. The van der Waals surface area contributed by atoms with Crippen LogP contribution in [0.15, 0.2) is 89.6 Å². The molecule has 1 atom stereocenters. The third-order valence-corrected chi connectivity index (χ3v) is 14.6. The molecule has 4 N–H and O–H groups in total. The maximum Gasteiger partial charge on any atom is 0.281 e. The van der Waals surface area contributed by atoms with E-state index in [2.05, 4.69) is 41.9 Å². The number of nitro groups is 1. The highest BCUT2D eigenvalue weighted by atomic mass is 35.5. The molecular weight excluding hydrogens is 840 g/mol. The average Bonchev–Trinajstić information content (AvgIpc) is 3.76. The summed E-state index contributed by atoms with van der Waals surface area (Å²) in [7, 11) is -2.21. The number of anilines is 2. The van der Waals surface area contributed by atoms with Gasteiger partial charge in [-0.2, -0.15) is 0 Å². The average molecular weight is 891 g/mol. The molecule has 1 amide bonds. The zero-order valence-electron chi connectivity index (χ0n) is 35.0. The van der Waals surface area contributed by atoms with Crippen LogP contribution in [0, 0.1) is 26.9 Å². The van der Waals surface area contributed by atoms with E-state index >= 15 is 0 Å². The number of aromatic amines is 1. The van der Waals surface area contributed by atoms with Crippen LogP contribution in [0.2, 0.25) is 5.02 Å². The van der Waals surface area contributed by atoms with Crippen LogP contribution in [-0.2, 0) is 15.7 Å². The number of piperazine rings is 1. The van der Waals surface area contributed by atoms with Crippen LogP contribution in [0.3, 0.4) is 0 Å². The Morgan fingerprint density at radius 3 is 2.59 bits per heavy atom. The third-order valence-electron chi connectivity index (χ3n) is 13.3. The van der Waals surface area contributed by atoms with E-state index in [1.807, 2.05) is 36.4 Å². The maximum atomic E-state index is 14.1. The Kier molecular flexibility index (Phi) is 12.6. The molecule has 2 aromatic heterocycles. The van der Waals surface area contributed by atoms with Gasteiger partial charge in [0.1, 0.15) is 17.1 Å². The summed E-state index contributed by atoms with van der Waals surface area (Å²) in [6, 6.07) is 20.1. The highest BCUT2D eigenvalue weighted by Crippen LogP contribution is 2.55. The molecule has 4 heterocycles. The second-order valence-electron chi connectivity index (χ2n) is 17.2. The number of H-pyrrole nitrogens is 1. The number of rotatable bonds is 14. The molecule has 14 nitrogen and oxygen atoms in total. The van der Waals surface area contributed by atoms with E-state index in [0.29, 0.717) is 42.3 Å². The van der Waals surface area contributed by atoms with E-state index in [0.717, 1.165) is 86.8 Å². The number of nitrogens with one attached hydrogen (secondary N) is 4. The number of carbonyl (C=O) groups excluding carboxylic acids is 1. The van der Waals surface area contributed by atoms with Gasteiger partial charge >= 0.3 is 0 Å². The van der Waals surface area contributed by atoms with Crippen molar-refractivity contribution < 1.29 is 23.4 Å². The number of amides is 1. The Labute approximate surface area is 373 Å². The summed E-state index contributed by atoms with van der Waals surface area (Å²) in [4.78, 5) is 38.0. The van der Waals surface area contributed by atoms with Crippen LogP contribution in [0.4, 0.5) is 17.1 Å². The minimum absolute atomic E-state index is 0.0148. The van der Waals surface area contributed by atoms with Gasteiger partial charge in [0, 0.05) is 93.1 Å². The van der Waals surface area contributed by atoms with E-state index in [4.69, 9.17) is 26.5 Å². The summed E-state index contributed by atoms with van der Waals surface area (Å²) >= 11 is 6.29. The molecule has 2 aliphatic heterocycles. The number of hydrogen-bond acceptors (Lipinski definition) is 11. The van der Waals surface area contributed by atoms with Crippen LogP contribution in [0.1, 0.15) is 72.9 Å². The molecule has 3 fully saturated rings. The van der Waals surface area contributed by atoms with Crippen molar-refractivity contribution in [3.8, 4) is 11.5 Å². The fourth-order valence-corrected chi connectivity index (χ4v) is 10.4. The summed E-state index contributed by atoms with van der Waals surface area (Å²) in [5.41, 5.74) is 6.44. The standard InChI is InChI=1S/C47H51ClN8O6S/c48-35-4-2-32(3-5-35)40-26-47(12-1-13-47)14-8-34(40)30-54-16-18-55(19-17-54)36-6-7-39(44(23-36)62-37-22-33-9-15-50-45(33)52-29-37)46(57)53-63(60)38-24-42(41(27-49)43(25-38)56(58)59)51-28-31-10-20-61-21-11-31/h2-7,9,15,22-25,27,29,31,49,51H,1,8,10-14,16-21,26,28,30H2,(H,50,52)(H,53,57). The summed E-state index contributed by atoms with van der Waals surface area (Å²) in [5.74, 6) is 0.247.